The Labute approximate surface area is 127 Å². The number of carbonyl (C=O) groups is 2. The third-order valence-electron chi connectivity index (χ3n) is 0.595. The van der Waals surface area contributed by atoms with E-state index in [0.717, 1.165) is 13.8 Å². The van der Waals surface area contributed by atoms with E-state index in [9.17, 15) is 17.4 Å². The van der Waals surface area contributed by atoms with E-state index in [1.165, 1.54) is 0 Å². The molecule has 0 aliphatic rings. The number of carboxylic acid groups (broad SMARTS) is 1. The maximum atomic E-state index is 9.54. The molecular weight excluding hydrogens is 352 g/mol. The second kappa shape index (κ2) is 15.3. The highest BCUT2D eigenvalue weighted by molar-refractivity contribution is 8.01. The van der Waals surface area contributed by atoms with Crippen LogP contribution in [0.2, 0.25) is 0 Å². The molecule has 0 saturated carbocycles. The molecule has 0 aromatic heterocycles. The summed E-state index contributed by atoms with van der Waals surface area (Å²) < 4.78 is 44.0. The molecule has 14 nitrogen and oxygen atoms in total. The molecule has 10 N–H and O–H groups in total. The first-order valence-electron chi connectivity index (χ1n) is 4.37. The molecule has 0 heterocycles. The van der Waals surface area contributed by atoms with Gasteiger partial charge < -0.3 is 21.5 Å². The number of nitrogens with two attached hydrogens (primary N) is 2. The normalized spacial score (nSPS) is 9.86. The van der Waals surface area contributed by atoms with Crippen molar-refractivity contribution < 1.29 is 46.6 Å². The van der Waals surface area contributed by atoms with Crippen molar-refractivity contribution in [3.63, 3.8) is 0 Å². The highest BCUT2D eigenvalue weighted by Crippen LogP contribution is 1.73. The molecule has 0 aromatic rings. The van der Waals surface area contributed by atoms with Crippen LogP contribution in [0.3, 0.4) is 0 Å². The van der Waals surface area contributed by atoms with Gasteiger partial charge in [-0.05, 0) is 0 Å². The van der Waals surface area contributed by atoms with Gasteiger partial charge in [0.2, 0.25) is 21.4 Å². The minimum atomic E-state index is -4.38. The molecule has 0 saturated heterocycles. The minimum Gasteiger partial charge on any atom is -0.481 e. The highest BCUT2D eigenvalue weighted by Gasteiger charge is 2.05. The zero-order chi connectivity index (χ0) is 19.1. The molecule has 0 rings (SSSR count). The van der Waals surface area contributed by atoms with Gasteiger partial charge in [-0.2, -0.15) is 13.7 Å². The van der Waals surface area contributed by atoms with Gasteiger partial charge >= 0.3 is 16.1 Å². The molecule has 0 amide bonds. The number of rotatable bonds is 0. The van der Waals surface area contributed by atoms with Gasteiger partial charge in [-0.15, -0.1) is 0 Å². The van der Waals surface area contributed by atoms with E-state index >= 15 is 0 Å². The van der Waals surface area contributed by atoms with Gasteiger partial charge in [0, 0.05) is 13.8 Å². The number of amidine groups is 2. The predicted octanol–water partition coefficient (Wildman–Crippen LogP) is -2.02. The first-order valence-corrected chi connectivity index (χ1v) is 6.92. The summed E-state index contributed by atoms with van der Waals surface area (Å²) in [7, 11) is -4.38. The van der Waals surface area contributed by atoms with Gasteiger partial charge in [-0.1, -0.05) is 0 Å². The van der Waals surface area contributed by atoms with Gasteiger partial charge in [0.1, 0.15) is 0 Å². The van der Waals surface area contributed by atoms with Crippen molar-refractivity contribution in [2.45, 2.75) is 13.8 Å². The molecule has 0 radical (unpaired) electrons. The Hall–Kier alpha value is -2.14. The summed E-state index contributed by atoms with van der Waals surface area (Å²) in [4.78, 5) is 21.5. The van der Waals surface area contributed by atoms with Crippen molar-refractivity contribution in [1.82, 2.24) is 0 Å². The lowest BCUT2D eigenvalue weighted by Crippen LogP contribution is -2.21. The van der Waals surface area contributed by atoms with E-state index < -0.39 is 43.5 Å². The Morgan fingerprint density at radius 3 is 1.32 bits per heavy atom. The molecule has 16 heteroatoms. The van der Waals surface area contributed by atoms with Gasteiger partial charge in [-0.25, -0.2) is 9.00 Å². The van der Waals surface area contributed by atoms with Crippen LogP contribution < -0.4 is 11.5 Å². The molecule has 0 aromatic carbocycles. The molecule has 0 aliphatic heterocycles. The summed E-state index contributed by atoms with van der Waals surface area (Å²) in [5, 5.41) is 25.0. The van der Waals surface area contributed by atoms with Crippen molar-refractivity contribution in [3.05, 3.63) is 0 Å². The molecule has 132 valence electrons. The lowest BCUT2D eigenvalue weighted by atomic mass is 10.9. The van der Waals surface area contributed by atoms with Crippen molar-refractivity contribution in [2.75, 3.05) is 0 Å². The van der Waals surface area contributed by atoms with Crippen molar-refractivity contribution >= 4 is 43.5 Å². The average molecular weight is 368 g/mol. The van der Waals surface area contributed by atoms with E-state index in [2.05, 4.69) is 16.4 Å². The second-order valence-electron chi connectivity index (χ2n) is 2.55. The number of aliphatic carboxylic acids is 1. The SMILES string of the molecule is CC(=O)O.CC(=O)OO.N=C(N)S(=O)(=O)O.N=C(N)S(=O)O. The molecule has 22 heavy (non-hydrogen) atoms. The van der Waals surface area contributed by atoms with Crippen LogP contribution in [-0.2, 0) is 35.7 Å². The van der Waals surface area contributed by atoms with Crippen molar-refractivity contribution in [1.29, 1.82) is 10.8 Å². The Balaban J connectivity index is -0.000000100. The Morgan fingerprint density at radius 2 is 1.32 bits per heavy atom. The summed E-state index contributed by atoms with van der Waals surface area (Å²) in [6.07, 6.45) is 0. The smallest absolute Gasteiger partial charge is 0.339 e. The molecule has 0 spiro atoms. The lowest BCUT2D eigenvalue weighted by molar-refractivity contribution is -0.231. The van der Waals surface area contributed by atoms with Crippen LogP contribution in [0.4, 0.5) is 0 Å². The first-order chi connectivity index (χ1) is 9.59. The standard InChI is InChI=1S/C2H4O3.C2H4O2.CH4N2O3S.CH4N2O2S/c1-2(3)5-4;1-2(3)4;2-1(3)7(4,5)6;2-1(3)6(4)5/h4H,1H3;1H3,(H,3,4);(H3,2,3)(H,4,5,6);(H3,2,3)(H,4,5). The summed E-state index contributed by atoms with van der Waals surface area (Å²) >= 11 is -2.26. The fraction of sp³-hybridized carbons (Fsp3) is 0.333. The number of nitrogens with one attached hydrogen (secondary N) is 2. The highest BCUT2D eigenvalue weighted by atomic mass is 32.2. The number of hydrogen-bond donors (Lipinski definition) is 8. The van der Waals surface area contributed by atoms with Crippen LogP contribution in [0.15, 0.2) is 0 Å². The zero-order valence-corrected chi connectivity index (χ0v) is 12.8. The average Bonchev–Trinajstić information content (AvgIpc) is 2.28. The van der Waals surface area contributed by atoms with E-state index in [1.807, 2.05) is 0 Å². The largest absolute Gasteiger partial charge is 0.481 e. The van der Waals surface area contributed by atoms with Gasteiger partial charge in [0.25, 0.3) is 5.97 Å². The summed E-state index contributed by atoms with van der Waals surface area (Å²) in [6, 6.07) is 0. The maximum Gasteiger partial charge on any atom is 0.339 e. The van der Waals surface area contributed by atoms with Gasteiger partial charge in [0.15, 0.2) is 0 Å². The first kappa shape index (κ1) is 28.1. The minimum absolute atomic E-state index is 0.690. The number of hydrogen-bond acceptors (Lipinski definition) is 9. The van der Waals surface area contributed by atoms with Crippen LogP contribution in [0, 0.1) is 10.8 Å². The van der Waals surface area contributed by atoms with Crippen molar-refractivity contribution in [2.24, 2.45) is 11.5 Å². The molecule has 0 fully saturated rings. The van der Waals surface area contributed by atoms with Gasteiger partial charge in [0.05, 0.1) is 0 Å². The fourth-order valence-corrected chi connectivity index (χ4v) is 0. The summed E-state index contributed by atoms with van der Waals surface area (Å²) in [6.45, 7) is 2.19. The van der Waals surface area contributed by atoms with Gasteiger partial charge in [-0.3, -0.25) is 24.7 Å². The van der Waals surface area contributed by atoms with E-state index in [-0.39, 0.29) is 0 Å². The predicted molar refractivity (Wildman–Crippen MR) is 73.9 cm³/mol. The maximum absolute atomic E-state index is 9.54. The van der Waals surface area contributed by atoms with Crippen LogP contribution in [0.25, 0.3) is 0 Å². The molecule has 1 unspecified atom stereocenters. The molecular formula is C6H16N4O10S2. The third kappa shape index (κ3) is 52.2. The Morgan fingerprint density at radius 1 is 1.18 bits per heavy atom. The van der Waals surface area contributed by atoms with Crippen LogP contribution >= 0.6 is 0 Å². The summed E-state index contributed by atoms with van der Waals surface area (Å²) in [5.74, 6) is -1.52. The van der Waals surface area contributed by atoms with Crippen LogP contribution in [0.5, 0.6) is 0 Å². The van der Waals surface area contributed by atoms with E-state index in [0.29, 0.717) is 0 Å². The Kier molecular flexibility index (Phi) is 19.5. The van der Waals surface area contributed by atoms with Crippen LogP contribution in [-0.4, -0.2) is 54.4 Å². The zero-order valence-electron chi connectivity index (χ0n) is 11.2. The number of carboxylic acids is 1. The molecule has 0 bridgehead atoms. The second-order valence-corrected chi connectivity index (χ2v) is 4.88. The summed E-state index contributed by atoms with van der Waals surface area (Å²) in [5.41, 5.74) is 8.78. The Bertz CT molecular complexity index is 486. The van der Waals surface area contributed by atoms with Crippen LogP contribution in [0.1, 0.15) is 13.8 Å². The third-order valence-corrected chi connectivity index (χ3v) is 1.53. The van der Waals surface area contributed by atoms with E-state index in [1.54, 1.807) is 0 Å². The quantitative estimate of drug-likeness (QED) is 0.0574. The number of carbonyl (C=O) groups excluding carboxylic acids is 1. The lowest BCUT2D eigenvalue weighted by Gasteiger charge is -1.84. The fourth-order valence-electron chi connectivity index (χ4n) is 0. The monoisotopic (exact) mass is 368 g/mol. The van der Waals surface area contributed by atoms with E-state index in [4.69, 9.17) is 35.1 Å². The van der Waals surface area contributed by atoms with Crippen molar-refractivity contribution in [3.8, 4) is 0 Å². The molecule has 0 aliphatic carbocycles. The topological polar surface area (TPSA) is 275 Å². The molecule has 1 atom stereocenters.